The first-order chi connectivity index (χ1) is 1.73. The van der Waals surface area contributed by atoms with Crippen molar-refractivity contribution in [2.75, 3.05) is 12.5 Å². The third-order valence-corrected chi connectivity index (χ3v) is 0. The maximum absolute atomic E-state index is 9.56. The summed E-state index contributed by atoms with van der Waals surface area (Å²) < 4.78 is 9.56. The largest absolute Gasteiger partial charge is 0.260 e. The molecule has 5 heavy (non-hydrogen) atoms. The molecule has 0 unspecified atom stereocenters. The molecule has 0 atom stereocenters. The van der Waals surface area contributed by atoms with Crippen molar-refractivity contribution in [3.05, 3.63) is 0 Å². The first kappa shape index (κ1) is 9.22. The molecule has 0 saturated carbocycles. The van der Waals surface area contributed by atoms with Crippen LogP contribution < -0.4 is 0 Å². The molecule has 0 bridgehead atoms. The Labute approximate surface area is 46.5 Å². The van der Waals surface area contributed by atoms with Crippen LogP contribution in [0.1, 0.15) is 0 Å². The van der Waals surface area contributed by atoms with E-state index in [1.54, 1.807) is 12.5 Å². The summed E-state index contributed by atoms with van der Waals surface area (Å²) in [5.74, 6) is 0. The molecule has 0 rings (SSSR count). The van der Waals surface area contributed by atoms with Crippen LogP contribution in [0.4, 0.5) is 0 Å². The Kier molecular flexibility index (Phi) is 8.73. The molecule has 0 saturated heterocycles. The van der Waals surface area contributed by atoms with Gasteiger partial charge in [0.2, 0.25) is 0 Å². The van der Waals surface area contributed by atoms with E-state index in [1.807, 2.05) is 0 Å². The van der Waals surface area contributed by atoms with Gasteiger partial charge in [-0.2, -0.15) is 0 Å². The standard InChI is InChI=1S/C2H6OS.V/c1-4(2)3;/h1-2H3;. The smallest absolute Gasteiger partial charge is 0.0148 e. The first-order valence-electron chi connectivity index (χ1n) is 0.983. The fourth-order valence-electron chi connectivity index (χ4n) is 0. The minimum absolute atomic E-state index is 0. The molecule has 3 heteroatoms. The van der Waals surface area contributed by atoms with E-state index in [0.29, 0.717) is 0 Å². The van der Waals surface area contributed by atoms with Crippen LogP contribution in [0, 0.1) is 0 Å². The second kappa shape index (κ2) is 4.73. The molecule has 0 fully saturated rings. The zero-order valence-corrected chi connectivity index (χ0v) is 5.48. The summed E-state index contributed by atoms with van der Waals surface area (Å²) in [5, 5.41) is 0. The van der Waals surface area contributed by atoms with Crippen LogP contribution in [0.2, 0.25) is 0 Å². The first-order valence-corrected chi connectivity index (χ1v) is 2.95. The van der Waals surface area contributed by atoms with Crippen molar-refractivity contribution in [2.45, 2.75) is 0 Å². The van der Waals surface area contributed by atoms with Gasteiger partial charge >= 0.3 is 0 Å². The Morgan fingerprint density at radius 3 is 1.40 bits per heavy atom. The van der Waals surface area contributed by atoms with Gasteiger partial charge in [-0.15, -0.1) is 0 Å². The third kappa shape index (κ3) is 65.6. The minimum Gasteiger partial charge on any atom is -0.260 e. The van der Waals surface area contributed by atoms with Gasteiger partial charge in [-0.1, -0.05) is 0 Å². The van der Waals surface area contributed by atoms with Gasteiger partial charge in [0.05, 0.1) is 0 Å². The third-order valence-electron chi connectivity index (χ3n) is 0. The van der Waals surface area contributed by atoms with Gasteiger partial charge in [0.1, 0.15) is 0 Å². The number of rotatable bonds is 0. The SMILES string of the molecule is CS(C)=O.[V]. The summed E-state index contributed by atoms with van der Waals surface area (Å²) in [4.78, 5) is 0. The Hall–Kier alpha value is 0.734. The van der Waals surface area contributed by atoms with Gasteiger partial charge in [-0.3, -0.25) is 4.21 Å². The van der Waals surface area contributed by atoms with Gasteiger partial charge in [0, 0.05) is 41.9 Å². The molecule has 0 aromatic heterocycles. The van der Waals surface area contributed by atoms with Crippen LogP contribution in [-0.4, -0.2) is 16.7 Å². The van der Waals surface area contributed by atoms with Crippen LogP contribution in [0.25, 0.3) is 0 Å². The Morgan fingerprint density at radius 2 is 1.40 bits per heavy atom. The van der Waals surface area contributed by atoms with E-state index in [2.05, 4.69) is 0 Å². The Morgan fingerprint density at radius 1 is 1.40 bits per heavy atom. The maximum atomic E-state index is 9.56. The number of hydrogen-bond donors (Lipinski definition) is 0. The summed E-state index contributed by atoms with van der Waals surface area (Å²) in [6.45, 7) is 0. The van der Waals surface area contributed by atoms with Crippen LogP contribution in [0.3, 0.4) is 0 Å². The quantitative estimate of drug-likeness (QED) is 0.449. The fourth-order valence-corrected chi connectivity index (χ4v) is 0. The molecule has 0 aromatic rings. The van der Waals surface area contributed by atoms with Crippen LogP contribution in [0.15, 0.2) is 0 Å². The Bertz CT molecular complexity index is 32.6. The molecule has 0 aliphatic rings. The topological polar surface area (TPSA) is 17.1 Å². The molecule has 0 spiro atoms. The van der Waals surface area contributed by atoms with E-state index in [-0.39, 0.29) is 18.6 Å². The monoisotopic (exact) mass is 129 g/mol. The van der Waals surface area contributed by atoms with E-state index in [9.17, 15) is 4.21 Å². The molecule has 0 aliphatic carbocycles. The summed E-state index contributed by atoms with van der Waals surface area (Å²) in [6.07, 6.45) is 3.28. The fraction of sp³-hybridized carbons (Fsp3) is 1.00. The minimum atomic E-state index is -0.611. The molecule has 0 aromatic carbocycles. The summed E-state index contributed by atoms with van der Waals surface area (Å²) in [6, 6.07) is 0. The Balaban J connectivity index is 0. The molecule has 0 amide bonds. The average Bonchev–Trinajstić information content (AvgIpc) is 0.811. The van der Waals surface area contributed by atoms with Crippen molar-refractivity contribution in [1.82, 2.24) is 0 Å². The molecule has 0 aliphatic heterocycles. The molecule has 1 nitrogen and oxygen atoms in total. The second-order valence-corrected chi connectivity index (χ2v) is 2.22. The number of hydrogen-bond acceptors (Lipinski definition) is 1. The van der Waals surface area contributed by atoms with Crippen LogP contribution in [0.5, 0.6) is 0 Å². The molecular weight excluding hydrogens is 123 g/mol. The van der Waals surface area contributed by atoms with Crippen molar-refractivity contribution < 1.29 is 22.8 Å². The molecular formula is C2H6OSV. The van der Waals surface area contributed by atoms with Crippen molar-refractivity contribution in [3.8, 4) is 0 Å². The van der Waals surface area contributed by atoms with Crippen molar-refractivity contribution in [1.29, 1.82) is 0 Å². The van der Waals surface area contributed by atoms with Crippen molar-refractivity contribution >= 4 is 10.8 Å². The zero-order chi connectivity index (χ0) is 3.58. The van der Waals surface area contributed by atoms with Gasteiger partial charge in [0.15, 0.2) is 0 Å². The van der Waals surface area contributed by atoms with E-state index in [0.717, 1.165) is 0 Å². The summed E-state index contributed by atoms with van der Waals surface area (Å²) >= 11 is 0. The molecule has 31 valence electrons. The molecule has 1 radical (unpaired) electrons. The predicted octanol–water partition coefficient (Wildman–Crippen LogP) is -0.00780. The van der Waals surface area contributed by atoms with Crippen molar-refractivity contribution in [2.24, 2.45) is 0 Å². The van der Waals surface area contributed by atoms with Gasteiger partial charge < -0.3 is 0 Å². The van der Waals surface area contributed by atoms with Gasteiger partial charge in [-0.25, -0.2) is 0 Å². The summed E-state index contributed by atoms with van der Waals surface area (Å²) in [5.41, 5.74) is 0. The van der Waals surface area contributed by atoms with Gasteiger partial charge in [0.25, 0.3) is 0 Å². The van der Waals surface area contributed by atoms with Crippen LogP contribution >= 0.6 is 0 Å². The van der Waals surface area contributed by atoms with E-state index in [4.69, 9.17) is 0 Å². The average molecular weight is 129 g/mol. The van der Waals surface area contributed by atoms with E-state index in [1.165, 1.54) is 0 Å². The zero-order valence-electron chi connectivity index (χ0n) is 3.26. The normalized spacial score (nSPS) is 7.00. The van der Waals surface area contributed by atoms with Crippen molar-refractivity contribution in [3.63, 3.8) is 0 Å². The second-order valence-electron chi connectivity index (χ2n) is 0.742. The molecule has 0 heterocycles. The summed E-state index contributed by atoms with van der Waals surface area (Å²) in [7, 11) is -0.611. The van der Waals surface area contributed by atoms with E-state index < -0.39 is 10.8 Å². The maximum Gasteiger partial charge on any atom is 0.0148 e. The van der Waals surface area contributed by atoms with Gasteiger partial charge in [-0.05, 0) is 0 Å². The van der Waals surface area contributed by atoms with Crippen LogP contribution in [-0.2, 0) is 29.4 Å². The molecule has 0 N–H and O–H groups in total. The predicted molar refractivity (Wildman–Crippen MR) is 20.0 cm³/mol. The van der Waals surface area contributed by atoms with E-state index >= 15 is 0 Å².